The Balaban J connectivity index is 1.02. The SMILES string of the molecule is CC1(C)OCc2cc(C3CN(CCCCCCOCCCCCc4cccc(S(N)(=O)=O)c4)C(=O)O3)ccc2O1. The first-order chi connectivity index (χ1) is 19.1. The zero-order valence-electron chi connectivity index (χ0n) is 23.6. The van der Waals surface area contributed by atoms with E-state index in [4.69, 9.17) is 24.1 Å². The average Bonchev–Trinajstić information content (AvgIpc) is 3.28. The molecular formula is C30H42N2O7S. The molecule has 9 nitrogen and oxygen atoms in total. The molecule has 2 N–H and O–H groups in total. The zero-order chi connectivity index (χ0) is 28.6. The third kappa shape index (κ3) is 8.92. The molecule has 2 aliphatic rings. The Morgan fingerprint density at radius 2 is 1.75 bits per heavy atom. The van der Waals surface area contributed by atoms with Gasteiger partial charge in [0.05, 0.1) is 18.0 Å². The largest absolute Gasteiger partial charge is 0.463 e. The van der Waals surface area contributed by atoms with Gasteiger partial charge in [-0.2, -0.15) is 0 Å². The molecule has 1 saturated heterocycles. The van der Waals surface area contributed by atoms with Gasteiger partial charge < -0.3 is 23.8 Å². The van der Waals surface area contributed by atoms with E-state index in [0.29, 0.717) is 19.7 Å². The predicted octanol–water partition coefficient (Wildman–Crippen LogP) is 5.46. The Bertz CT molecular complexity index is 1250. The second-order valence-corrected chi connectivity index (χ2v) is 12.6. The number of fused-ring (bicyclic) bond motifs is 1. The van der Waals surface area contributed by atoms with Crippen LogP contribution >= 0.6 is 0 Å². The summed E-state index contributed by atoms with van der Waals surface area (Å²) in [6.45, 7) is 6.99. The topological polar surface area (TPSA) is 117 Å². The van der Waals surface area contributed by atoms with Crippen molar-refractivity contribution in [2.24, 2.45) is 5.14 Å². The van der Waals surface area contributed by atoms with Crippen molar-refractivity contribution in [3.05, 3.63) is 59.2 Å². The minimum absolute atomic E-state index is 0.166. The lowest BCUT2D eigenvalue weighted by Crippen LogP contribution is -2.35. The summed E-state index contributed by atoms with van der Waals surface area (Å²) in [5.41, 5.74) is 2.93. The van der Waals surface area contributed by atoms with Gasteiger partial charge in [-0.1, -0.05) is 37.5 Å². The van der Waals surface area contributed by atoms with Gasteiger partial charge in [0, 0.05) is 39.2 Å². The molecule has 2 aromatic carbocycles. The van der Waals surface area contributed by atoms with Crippen LogP contribution in [0.2, 0.25) is 0 Å². The Morgan fingerprint density at radius 1 is 1.00 bits per heavy atom. The first-order valence-corrected chi connectivity index (χ1v) is 15.8. The number of amides is 1. The average molecular weight is 575 g/mol. The van der Waals surface area contributed by atoms with E-state index in [1.54, 1.807) is 17.0 Å². The lowest BCUT2D eigenvalue weighted by molar-refractivity contribution is -0.180. The first kappa shape index (κ1) is 30.3. The minimum Gasteiger partial charge on any atom is -0.463 e. The number of nitrogens with two attached hydrogens (primary N) is 1. The zero-order valence-corrected chi connectivity index (χ0v) is 24.4. The molecule has 0 radical (unpaired) electrons. The van der Waals surface area contributed by atoms with Crippen molar-refractivity contribution in [1.82, 2.24) is 4.90 Å². The summed E-state index contributed by atoms with van der Waals surface area (Å²) in [4.78, 5) is 14.3. The standard InChI is InChI=1S/C30H42N2O7S/c1-30(2)37-22-25-20-24(14-15-27(25)39-30)28-21-32(29(33)38-28)16-7-3-4-8-17-36-18-9-5-6-11-23-12-10-13-26(19-23)40(31,34)35/h10,12-15,19-20,28H,3-9,11,16-18,21-22H2,1-2H3,(H2,31,34,35). The molecule has 2 aliphatic heterocycles. The summed E-state index contributed by atoms with van der Waals surface area (Å²) in [6, 6.07) is 12.8. The lowest BCUT2D eigenvalue weighted by Gasteiger charge is -2.32. The van der Waals surface area contributed by atoms with Gasteiger partial charge in [0.25, 0.3) is 0 Å². The normalized spacial score (nSPS) is 18.3. The van der Waals surface area contributed by atoms with Crippen molar-refractivity contribution < 1.29 is 32.2 Å². The maximum atomic E-state index is 12.4. The highest BCUT2D eigenvalue weighted by atomic mass is 32.2. The summed E-state index contributed by atoms with van der Waals surface area (Å²) in [5, 5.41) is 5.20. The van der Waals surface area contributed by atoms with Crippen LogP contribution in [0, 0.1) is 0 Å². The number of rotatable bonds is 15. The van der Waals surface area contributed by atoms with E-state index in [1.165, 1.54) is 6.07 Å². The second-order valence-electron chi connectivity index (χ2n) is 11.0. The van der Waals surface area contributed by atoms with E-state index < -0.39 is 15.8 Å². The third-order valence-electron chi connectivity index (χ3n) is 7.22. The van der Waals surface area contributed by atoms with E-state index in [1.807, 2.05) is 38.1 Å². The van der Waals surface area contributed by atoms with Gasteiger partial charge in [0.1, 0.15) is 11.9 Å². The number of ether oxygens (including phenoxy) is 4. The van der Waals surface area contributed by atoms with Crippen LogP contribution in [-0.4, -0.2) is 51.5 Å². The second kappa shape index (κ2) is 13.8. The number of nitrogens with zero attached hydrogens (tertiary/aromatic N) is 1. The van der Waals surface area contributed by atoms with Gasteiger partial charge in [0.2, 0.25) is 15.8 Å². The molecule has 0 saturated carbocycles. The maximum absolute atomic E-state index is 12.4. The Morgan fingerprint density at radius 3 is 2.52 bits per heavy atom. The van der Waals surface area contributed by atoms with Crippen LogP contribution in [0.1, 0.15) is 81.6 Å². The number of benzene rings is 2. The number of unbranched alkanes of at least 4 members (excludes halogenated alkanes) is 5. The molecule has 1 unspecified atom stereocenters. The quantitative estimate of drug-likeness (QED) is 0.281. The number of sulfonamides is 1. The summed E-state index contributed by atoms with van der Waals surface area (Å²) in [6.07, 6.45) is 7.33. The highest BCUT2D eigenvalue weighted by Gasteiger charge is 2.33. The molecule has 10 heteroatoms. The number of cyclic esters (lactones) is 1. The van der Waals surface area contributed by atoms with Gasteiger partial charge >= 0.3 is 6.09 Å². The van der Waals surface area contributed by atoms with Crippen LogP contribution < -0.4 is 9.88 Å². The molecule has 1 amide bonds. The molecule has 0 aromatic heterocycles. The predicted molar refractivity (Wildman–Crippen MR) is 151 cm³/mol. The Labute approximate surface area is 238 Å². The molecule has 40 heavy (non-hydrogen) atoms. The summed E-state index contributed by atoms with van der Waals surface area (Å²) in [5.74, 6) is 0.185. The number of primary sulfonamides is 1. The van der Waals surface area contributed by atoms with Gasteiger partial charge in [-0.05, 0) is 67.5 Å². The molecule has 0 bridgehead atoms. The summed E-state index contributed by atoms with van der Waals surface area (Å²) >= 11 is 0. The van der Waals surface area contributed by atoms with Crippen LogP contribution in [0.15, 0.2) is 47.4 Å². The third-order valence-corrected chi connectivity index (χ3v) is 8.13. The van der Waals surface area contributed by atoms with Gasteiger partial charge in [-0.15, -0.1) is 0 Å². The molecule has 0 aliphatic carbocycles. The van der Waals surface area contributed by atoms with Crippen LogP contribution in [0.25, 0.3) is 0 Å². The highest BCUT2D eigenvalue weighted by molar-refractivity contribution is 7.89. The molecule has 220 valence electrons. The fraction of sp³-hybridized carbons (Fsp3) is 0.567. The van der Waals surface area contributed by atoms with Crippen LogP contribution in [0.4, 0.5) is 4.79 Å². The van der Waals surface area contributed by atoms with E-state index in [0.717, 1.165) is 87.0 Å². The summed E-state index contributed by atoms with van der Waals surface area (Å²) < 4.78 is 45.9. The molecule has 4 rings (SSSR count). The molecule has 2 heterocycles. The minimum atomic E-state index is -3.65. The maximum Gasteiger partial charge on any atom is 0.410 e. The first-order valence-electron chi connectivity index (χ1n) is 14.2. The van der Waals surface area contributed by atoms with Crippen molar-refractivity contribution in [1.29, 1.82) is 0 Å². The van der Waals surface area contributed by atoms with Crippen molar-refractivity contribution >= 4 is 16.1 Å². The monoisotopic (exact) mass is 574 g/mol. The van der Waals surface area contributed by atoms with E-state index in [9.17, 15) is 13.2 Å². The van der Waals surface area contributed by atoms with Crippen molar-refractivity contribution in [3.8, 4) is 5.75 Å². The Hall–Kier alpha value is -2.66. The van der Waals surface area contributed by atoms with Crippen molar-refractivity contribution in [2.75, 3.05) is 26.3 Å². The van der Waals surface area contributed by atoms with Crippen molar-refractivity contribution in [3.63, 3.8) is 0 Å². The summed E-state index contributed by atoms with van der Waals surface area (Å²) in [7, 11) is -3.65. The number of carbonyl (C=O) groups is 1. The van der Waals surface area contributed by atoms with E-state index >= 15 is 0 Å². The number of carbonyl (C=O) groups excluding carboxylic acids is 1. The smallest absolute Gasteiger partial charge is 0.410 e. The highest BCUT2D eigenvalue weighted by Crippen LogP contribution is 2.35. The lowest BCUT2D eigenvalue weighted by atomic mass is 10.0. The van der Waals surface area contributed by atoms with Crippen LogP contribution in [0.5, 0.6) is 5.75 Å². The van der Waals surface area contributed by atoms with Gasteiger partial charge in [0.15, 0.2) is 0 Å². The fourth-order valence-electron chi connectivity index (χ4n) is 4.97. The van der Waals surface area contributed by atoms with E-state index in [-0.39, 0.29) is 17.1 Å². The van der Waals surface area contributed by atoms with Crippen LogP contribution in [-0.2, 0) is 37.3 Å². The number of aryl methyl sites for hydroxylation is 1. The van der Waals surface area contributed by atoms with Gasteiger partial charge in [-0.25, -0.2) is 18.4 Å². The number of hydrogen-bond acceptors (Lipinski definition) is 7. The number of hydrogen-bond donors (Lipinski definition) is 1. The molecular weight excluding hydrogens is 532 g/mol. The van der Waals surface area contributed by atoms with Crippen LogP contribution in [0.3, 0.4) is 0 Å². The van der Waals surface area contributed by atoms with Gasteiger partial charge in [-0.3, -0.25) is 0 Å². The molecule has 1 fully saturated rings. The molecule has 0 spiro atoms. The van der Waals surface area contributed by atoms with Crippen molar-refractivity contribution in [2.45, 2.75) is 88.6 Å². The van der Waals surface area contributed by atoms with E-state index in [2.05, 4.69) is 0 Å². The molecule has 2 aromatic rings. The Kier molecular flexibility index (Phi) is 10.5. The molecule has 1 atom stereocenters. The fourth-order valence-corrected chi connectivity index (χ4v) is 5.56.